The molecule has 0 radical (unpaired) electrons. The van der Waals surface area contributed by atoms with Gasteiger partial charge in [-0.15, -0.1) is 0 Å². The minimum absolute atomic E-state index is 0.112. The predicted molar refractivity (Wildman–Crippen MR) is 143 cm³/mol. The van der Waals surface area contributed by atoms with Gasteiger partial charge in [0.2, 0.25) is 17.7 Å². The molecular weight excluding hydrogens is 493 g/mol. The third kappa shape index (κ3) is 7.03. The van der Waals surface area contributed by atoms with Crippen LogP contribution in [0, 0.1) is 5.82 Å². The lowest BCUT2D eigenvalue weighted by molar-refractivity contribution is -0.125. The van der Waals surface area contributed by atoms with Crippen molar-refractivity contribution in [2.45, 2.75) is 70.4 Å². The highest BCUT2D eigenvalue weighted by molar-refractivity contribution is 7.86. The lowest BCUT2D eigenvalue weighted by Gasteiger charge is -2.33. The van der Waals surface area contributed by atoms with Crippen molar-refractivity contribution in [2.24, 2.45) is 0 Å². The molecule has 2 atom stereocenters. The van der Waals surface area contributed by atoms with Crippen molar-refractivity contribution in [1.29, 1.82) is 0 Å². The Bertz CT molecular complexity index is 1160. The summed E-state index contributed by atoms with van der Waals surface area (Å²) >= 11 is 0. The summed E-state index contributed by atoms with van der Waals surface area (Å²) in [6.07, 6.45) is 7.83. The molecule has 7 nitrogen and oxygen atoms in total. The number of rotatable bonds is 9. The number of hydrogen-bond donors (Lipinski definition) is 2. The smallest absolute Gasteiger partial charge is 0.243 e. The number of aryl methyl sites for hydroxylation is 1. The van der Waals surface area contributed by atoms with Crippen LogP contribution in [0.3, 0.4) is 0 Å². The van der Waals surface area contributed by atoms with Crippen LogP contribution in [0.2, 0.25) is 0 Å². The van der Waals surface area contributed by atoms with Gasteiger partial charge < -0.3 is 10.6 Å². The summed E-state index contributed by atoms with van der Waals surface area (Å²) in [5.41, 5.74) is 3.29. The second kappa shape index (κ2) is 12.4. The van der Waals surface area contributed by atoms with Gasteiger partial charge in [0.05, 0.1) is 0 Å². The van der Waals surface area contributed by atoms with Gasteiger partial charge in [-0.1, -0.05) is 25.0 Å². The van der Waals surface area contributed by atoms with E-state index in [1.54, 1.807) is 6.92 Å². The molecule has 0 saturated heterocycles. The highest BCUT2D eigenvalue weighted by atomic mass is 32.2. The molecule has 2 aliphatic carbocycles. The second-order valence-electron chi connectivity index (χ2n) is 9.84. The monoisotopic (exact) mass is 527 g/mol. The van der Waals surface area contributed by atoms with Gasteiger partial charge in [-0.3, -0.25) is 23.5 Å². The fraction of sp³-hybridized carbons (Fsp3) is 0.464. The highest BCUT2D eigenvalue weighted by Crippen LogP contribution is 2.32. The van der Waals surface area contributed by atoms with Crippen LogP contribution < -0.4 is 15.5 Å². The van der Waals surface area contributed by atoms with Crippen molar-refractivity contribution >= 4 is 39.9 Å². The maximum Gasteiger partial charge on any atom is 0.243 e. The number of nitrogens with zero attached hydrogens (tertiary/aromatic N) is 1. The van der Waals surface area contributed by atoms with Crippen molar-refractivity contribution in [3.63, 3.8) is 0 Å². The SMILES string of the molecule is C[C@@H](C(=O)NC1CCCC1)N(C(=O)C[S@@](=O)CC(=O)Nc1ccc(F)cc1)c1cccc2c1CCCC2. The Morgan fingerprint density at radius 3 is 2.43 bits per heavy atom. The molecule has 1 saturated carbocycles. The van der Waals surface area contributed by atoms with E-state index in [-0.39, 0.29) is 23.5 Å². The first kappa shape index (κ1) is 27.0. The van der Waals surface area contributed by atoms with E-state index in [4.69, 9.17) is 0 Å². The number of amides is 3. The fourth-order valence-corrected chi connectivity index (χ4v) is 6.07. The summed E-state index contributed by atoms with van der Waals surface area (Å²) in [5.74, 6) is -2.42. The molecule has 0 aliphatic heterocycles. The van der Waals surface area contributed by atoms with E-state index in [1.807, 2.05) is 12.1 Å². The molecule has 0 heterocycles. The average Bonchev–Trinajstić information content (AvgIpc) is 3.38. The molecule has 0 spiro atoms. The van der Waals surface area contributed by atoms with E-state index in [9.17, 15) is 23.0 Å². The zero-order chi connectivity index (χ0) is 26.4. The molecule has 0 unspecified atom stereocenters. The van der Waals surface area contributed by atoms with E-state index in [0.29, 0.717) is 11.4 Å². The van der Waals surface area contributed by atoms with Crippen molar-refractivity contribution in [2.75, 3.05) is 21.7 Å². The van der Waals surface area contributed by atoms with Gasteiger partial charge in [-0.2, -0.15) is 0 Å². The largest absolute Gasteiger partial charge is 0.352 e. The van der Waals surface area contributed by atoms with Crippen LogP contribution in [0.4, 0.5) is 15.8 Å². The zero-order valence-corrected chi connectivity index (χ0v) is 22.0. The Morgan fingerprint density at radius 2 is 1.70 bits per heavy atom. The van der Waals surface area contributed by atoms with Gasteiger partial charge in [0.15, 0.2) is 0 Å². The molecule has 1 fully saturated rings. The first-order valence-corrected chi connectivity index (χ1v) is 14.4. The van der Waals surface area contributed by atoms with Gasteiger partial charge in [0, 0.05) is 28.2 Å². The van der Waals surface area contributed by atoms with E-state index in [0.717, 1.165) is 56.9 Å². The van der Waals surface area contributed by atoms with E-state index in [1.165, 1.54) is 34.7 Å². The highest BCUT2D eigenvalue weighted by Gasteiger charge is 2.32. The maximum absolute atomic E-state index is 13.6. The van der Waals surface area contributed by atoms with E-state index in [2.05, 4.69) is 16.7 Å². The summed E-state index contributed by atoms with van der Waals surface area (Å²) in [4.78, 5) is 40.6. The summed E-state index contributed by atoms with van der Waals surface area (Å²) in [6, 6.07) is 10.4. The Morgan fingerprint density at radius 1 is 1.00 bits per heavy atom. The molecule has 2 aromatic carbocycles. The van der Waals surface area contributed by atoms with Crippen molar-refractivity contribution in [1.82, 2.24) is 5.32 Å². The van der Waals surface area contributed by atoms with Crippen LogP contribution in [0.1, 0.15) is 56.6 Å². The third-order valence-electron chi connectivity index (χ3n) is 7.07. The van der Waals surface area contributed by atoms with Crippen molar-refractivity contribution < 1.29 is 23.0 Å². The standard InChI is InChI=1S/C28H34FN3O4S/c1-19(28(35)31-22-9-3-4-10-22)32(25-12-6-8-20-7-2-5-11-24(20)25)27(34)18-37(36)17-26(33)30-23-15-13-21(29)14-16-23/h6,8,12-16,19,22H,2-5,7,9-11,17-18H2,1H3,(H,30,33)(H,31,35)/t19-,37-/m0/s1. The molecule has 2 aromatic rings. The number of nitrogens with one attached hydrogen (secondary N) is 2. The Labute approximate surface area is 219 Å². The molecule has 198 valence electrons. The van der Waals surface area contributed by atoms with Gasteiger partial charge >= 0.3 is 0 Å². The molecular formula is C28H34FN3O4S. The molecule has 0 bridgehead atoms. The fourth-order valence-electron chi connectivity index (χ4n) is 5.19. The molecule has 4 rings (SSSR count). The summed E-state index contributed by atoms with van der Waals surface area (Å²) < 4.78 is 25.9. The van der Waals surface area contributed by atoms with Crippen LogP contribution >= 0.6 is 0 Å². The molecule has 3 amide bonds. The quantitative estimate of drug-likeness (QED) is 0.518. The first-order valence-electron chi connectivity index (χ1n) is 13.0. The third-order valence-corrected chi connectivity index (χ3v) is 8.23. The first-order chi connectivity index (χ1) is 17.8. The zero-order valence-electron chi connectivity index (χ0n) is 21.1. The van der Waals surface area contributed by atoms with Gasteiger partial charge in [0.1, 0.15) is 23.4 Å². The Hall–Kier alpha value is -3.07. The molecule has 9 heteroatoms. The van der Waals surface area contributed by atoms with Crippen LogP contribution in [0.15, 0.2) is 42.5 Å². The normalized spacial score (nSPS) is 16.9. The Balaban J connectivity index is 1.49. The molecule has 2 N–H and O–H groups in total. The van der Waals surface area contributed by atoms with Crippen LogP contribution in [-0.2, 0) is 38.0 Å². The van der Waals surface area contributed by atoms with E-state index < -0.39 is 34.5 Å². The number of carbonyl (C=O) groups excluding carboxylic acids is 3. The average molecular weight is 528 g/mol. The summed E-state index contributed by atoms with van der Waals surface area (Å²) in [7, 11) is -1.80. The maximum atomic E-state index is 13.6. The molecule has 2 aliphatic rings. The predicted octanol–water partition coefficient (Wildman–Crippen LogP) is 3.87. The van der Waals surface area contributed by atoms with Gasteiger partial charge in [-0.05, 0) is 86.9 Å². The number of halogens is 1. The number of benzene rings is 2. The minimum atomic E-state index is -1.80. The van der Waals surface area contributed by atoms with Gasteiger partial charge in [0.25, 0.3) is 0 Å². The summed E-state index contributed by atoms with van der Waals surface area (Å²) in [6.45, 7) is 1.70. The number of hydrogen-bond acceptors (Lipinski definition) is 4. The van der Waals surface area contributed by atoms with Crippen LogP contribution in [0.25, 0.3) is 0 Å². The second-order valence-corrected chi connectivity index (χ2v) is 11.3. The topological polar surface area (TPSA) is 95.6 Å². The number of carbonyl (C=O) groups is 3. The van der Waals surface area contributed by atoms with Crippen molar-refractivity contribution in [3.8, 4) is 0 Å². The van der Waals surface area contributed by atoms with E-state index >= 15 is 0 Å². The lowest BCUT2D eigenvalue weighted by atomic mass is 9.89. The van der Waals surface area contributed by atoms with Crippen LogP contribution in [0.5, 0.6) is 0 Å². The number of anilines is 2. The molecule has 37 heavy (non-hydrogen) atoms. The lowest BCUT2D eigenvalue weighted by Crippen LogP contribution is -2.52. The minimum Gasteiger partial charge on any atom is -0.352 e. The molecule has 0 aromatic heterocycles. The Kier molecular flexibility index (Phi) is 9.08. The van der Waals surface area contributed by atoms with Crippen LogP contribution in [-0.4, -0.2) is 45.5 Å². The number of fused-ring (bicyclic) bond motifs is 1. The van der Waals surface area contributed by atoms with Crippen molar-refractivity contribution in [3.05, 3.63) is 59.4 Å². The van der Waals surface area contributed by atoms with Gasteiger partial charge in [-0.25, -0.2) is 4.39 Å². The summed E-state index contributed by atoms with van der Waals surface area (Å²) in [5, 5.41) is 5.65.